The van der Waals surface area contributed by atoms with E-state index in [0.29, 0.717) is 12.8 Å². The smallest absolute Gasteiger partial charge is 0.311 e. The van der Waals surface area contributed by atoms with Crippen molar-refractivity contribution in [3.63, 3.8) is 0 Å². The second kappa shape index (κ2) is 5.27. The Kier molecular flexibility index (Phi) is 4.22. The highest BCUT2D eigenvalue weighted by atomic mass is 16.5. The molecule has 0 aliphatic carbocycles. The molecule has 1 saturated heterocycles. The van der Waals surface area contributed by atoms with Gasteiger partial charge in [0.15, 0.2) is 0 Å². The topological polar surface area (TPSA) is 83.9 Å². The van der Waals surface area contributed by atoms with Crippen molar-refractivity contribution in [1.29, 1.82) is 0 Å². The van der Waals surface area contributed by atoms with Crippen molar-refractivity contribution in [2.45, 2.75) is 26.7 Å². The van der Waals surface area contributed by atoms with Crippen LogP contribution in [0.2, 0.25) is 0 Å². The highest BCUT2D eigenvalue weighted by Crippen LogP contribution is 2.28. The van der Waals surface area contributed by atoms with Crippen LogP contribution in [0.5, 0.6) is 0 Å². The van der Waals surface area contributed by atoms with E-state index in [1.807, 2.05) is 0 Å². The molecule has 1 N–H and O–H groups in total. The normalized spacial score (nSPS) is 17.4. The minimum absolute atomic E-state index is 0.0731. The van der Waals surface area contributed by atoms with Gasteiger partial charge in [0.25, 0.3) is 11.8 Å². The summed E-state index contributed by atoms with van der Waals surface area (Å²) < 4.78 is 4.78. The number of carbonyl (C=O) groups excluding carboxylic acids is 2. The van der Waals surface area contributed by atoms with Crippen LogP contribution in [-0.4, -0.2) is 47.5 Å². The van der Waals surface area contributed by atoms with Gasteiger partial charge in [0.1, 0.15) is 13.2 Å². The van der Waals surface area contributed by atoms with Crippen molar-refractivity contribution in [3.05, 3.63) is 0 Å². The Labute approximate surface area is 99.5 Å². The molecule has 96 valence electrons. The van der Waals surface area contributed by atoms with Crippen molar-refractivity contribution >= 4 is 17.8 Å². The molecule has 6 nitrogen and oxygen atoms in total. The summed E-state index contributed by atoms with van der Waals surface area (Å²) in [5, 5.41) is 9.25. The summed E-state index contributed by atoms with van der Waals surface area (Å²) in [6.45, 7) is 3.10. The second-order valence-corrected chi connectivity index (χ2v) is 4.16. The molecule has 0 aromatic carbocycles. The molecule has 0 aromatic heterocycles. The summed E-state index contributed by atoms with van der Waals surface area (Å²) >= 11 is 0. The van der Waals surface area contributed by atoms with E-state index in [9.17, 15) is 19.5 Å². The number of imide groups is 1. The number of carboxylic acids is 1. The van der Waals surface area contributed by atoms with Crippen LogP contribution in [0.15, 0.2) is 0 Å². The summed E-state index contributed by atoms with van der Waals surface area (Å²) in [7, 11) is 0. The molecule has 1 rings (SSSR count). The molecule has 2 amide bonds. The Balaban J connectivity index is 2.89. The maximum atomic E-state index is 11.5. The standard InChI is InChI=1S/C11H17NO5/c1-3-11(4-2,10(15)16)7-12-8(13)5-17-6-9(12)14/h3-7H2,1-2H3,(H,15,16). The second-order valence-electron chi connectivity index (χ2n) is 4.16. The number of amides is 2. The van der Waals surface area contributed by atoms with Crippen LogP contribution in [0, 0.1) is 5.41 Å². The largest absolute Gasteiger partial charge is 0.481 e. The SMILES string of the molecule is CCC(CC)(CN1C(=O)COCC1=O)C(=O)O. The number of morpholine rings is 1. The average Bonchev–Trinajstić information content (AvgIpc) is 2.29. The summed E-state index contributed by atoms with van der Waals surface area (Å²) in [6.07, 6.45) is 0.744. The fourth-order valence-corrected chi connectivity index (χ4v) is 1.84. The zero-order chi connectivity index (χ0) is 13.1. The first-order chi connectivity index (χ1) is 7.96. The van der Waals surface area contributed by atoms with Gasteiger partial charge in [0, 0.05) is 6.54 Å². The number of nitrogens with zero attached hydrogens (tertiary/aromatic N) is 1. The summed E-state index contributed by atoms with van der Waals surface area (Å²) in [4.78, 5) is 35.3. The van der Waals surface area contributed by atoms with Gasteiger partial charge in [-0.1, -0.05) is 13.8 Å². The van der Waals surface area contributed by atoms with Crippen molar-refractivity contribution in [2.75, 3.05) is 19.8 Å². The fraction of sp³-hybridized carbons (Fsp3) is 0.727. The molecule has 0 radical (unpaired) electrons. The Morgan fingerprint density at radius 2 is 1.76 bits per heavy atom. The van der Waals surface area contributed by atoms with Crippen molar-refractivity contribution in [3.8, 4) is 0 Å². The van der Waals surface area contributed by atoms with Gasteiger partial charge in [-0.3, -0.25) is 19.3 Å². The van der Waals surface area contributed by atoms with E-state index in [1.54, 1.807) is 13.8 Å². The quantitative estimate of drug-likeness (QED) is 0.700. The average molecular weight is 243 g/mol. The van der Waals surface area contributed by atoms with E-state index < -0.39 is 23.2 Å². The molecule has 17 heavy (non-hydrogen) atoms. The Morgan fingerprint density at radius 3 is 2.12 bits per heavy atom. The van der Waals surface area contributed by atoms with Gasteiger partial charge in [-0.15, -0.1) is 0 Å². The number of carbonyl (C=O) groups is 3. The predicted octanol–water partition coefficient (Wildman–Crippen LogP) is 0.263. The van der Waals surface area contributed by atoms with Crippen LogP contribution in [0.1, 0.15) is 26.7 Å². The van der Waals surface area contributed by atoms with E-state index in [2.05, 4.69) is 0 Å². The van der Waals surface area contributed by atoms with Crippen LogP contribution in [-0.2, 0) is 19.1 Å². The van der Waals surface area contributed by atoms with Gasteiger partial charge in [-0.2, -0.15) is 0 Å². The van der Waals surface area contributed by atoms with Gasteiger partial charge in [-0.25, -0.2) is 0 Å². The molecule has 1 aliphatic rings. The van der Waals surface area contributed by atoms with Crippen LogP contribution < -0.4 is 0 Å². The van der Waals surface area contributed by atoms with Crippen LogP contribution >= 0.6 is 0 Å². The zero-order valence-electron chi connectivity index (χ0n) is 10.1. The molecule has 0 spiro atoms. The molecule has 0 aromatic rings. The van der Waals surface area contributed by atoms with Gasteiger partial charge in [0.2, 0.25) is 0 Å². The number of ether oxygens (including phenoxy) is 1. The summed E-state index contributed by atoms with van der Waals surface area (Å²) in [6, 6.07) is 0. The number of hydrogen-bond donors (Lipinski definition) is 1. The first-order valence-electron chi connectivity index (χ1n) is 5.61. The molecule has 1 fully saturated rings. The molecule has 0 unspecified atom stereocenters. The van der Waals surface area contributed by atoms with Gasteiger partial charge in [-0.05, 0) is 12.8 Å². The molecule has 1 aliphatic heterocycles. The molecule has 0 atom stereocenters. The van der Waals surface area contributed by atoms with E-state index >= 15 is 0 Å². The highest BCUT2D eigenvalue weighted by molar-refractivity contribution is 5.98. The van der Waals surface area contributed by atoms with Crippen molar-refractivity contribution in [1.82, 2.24) is 4.90 Å². The molecule has 1 heterocycles. The lowest BCUT2D eigenvalue weighted by Gasteiger charge is -2.34. The summed E-state index contributed by atoms with van der Waals surface area (Å²) in [5.74, 6) is -1.91. The maximum absolute atomic E-state index is 11.5. The van der Waals surface area contributed by atoms with E-state index in [4.69, 9.17) is 4.74 Å². The van der Waals surface area contributed by atoms with E-state index in [-0.39, 0.29) is 19.8 Å². The third-order valence-electron chi connectivity index (χ3n) is 3.32. The molecule has 0 bridgehead atoms. The lowest BCUT2D eigenvalue weighted by Crippen LogP contribution is -2.52. The molecule has 6 heteroatoms. The van der Waals surface area contributed by atoms with Gasteiger partial charge >= 0.3 is 5.97 Å². The monoisotopic (exact) mass is 243 g/mol. The van der Waals surface area contributed by atoms with Crippen molar-refractivity contribution in [2.24, 2.45) is 5.41 Å². The molecular formula is C11H17NO5. The minimum atomic E-state index is -1.05. The first kappa shape index (κ1) is 13.6. The van der Waals surface area contributed by atoms with E-state index in [0.717, 1.165) is 4.90 Å². The molecule has 0 saturated carbocycles. The summed E-state index contributed by atoms with van der Waals surface area (Å²) in [5.41, 5.74) is -1.05. The lowest BCUT2D eigenvalue weighted by molar-refractivity contribution is -0.164. The Hall–Kier alpha value is -1.43. The van der Waals surface area contributed by atoms with E-state index in [1.165, 1.54) is 0 Å². The zero-order valence-corrected chi connectivity index (χ0v) is 10.1. The van der Waals surface area contributed by atoms with Crippen LogP contribution in [0.4, 0.5) is 0 Å². The van der Waals surface area contributed by atoms with Gasteiger partial charge in [0.05, 0.1) is 5.41 Å². The molecular weight excluding hydrogens is 226 g/mol. The first-order valence-corrected chi connectivity index (χ1v) is 5.61. The number of rotatable bonds is 5. The minimum Gasteiger partial charge on any atom is -0.481 e. The lowest BCUT2D eigenvalue weighted by atomic mass is 9.81. The highest BCUT2D eigenvalue weighted by Gasteiger charge is 2.40. The predicted molar refractivity (Wildman–Crippen MR) is 58.2 cm³/mol. The van der Waals surface area contributed by atoms with Crippen LogP contribution in [0.25, 0.3) is 0 Å². The number of carboxylic acid groups (broad SMARTS) is 1. The third-order valence-corrected chi connectivity index (χ3v) is 3.32. The van der Waals surface area contributed by atoms with Crippen LogP contribution in [0.3, 0.4) is 0 Å². The Bertz CT molecular complexity index is 319. The third kappa shape index (κ3) is 2.63. The number of aliphatic carboxylic acids is 1. The maximum Gasteiger partial charge on any atom is 0.311 e. The Morgan fingerprint density at radius 1 is 1.29 bits per heavy atom. The number of hydrogen-bond acceptors (Lipinski definition) is 4. The van der Waals surface area contributed by atoms with Gasteiger partial charge < -0.3 is 9.84 Å². The van der Waals surface area contributed by atoms with Crippen molar-refractivity contribution < 1.29 is 24.2 Å². The fourth-order valence-electron chi connectivity index (χ4n) is 1.84.